The molecule has 1 heterocycles. The molecule has 0 atom stereocenters. The van der Waals surface area contributed by atoms with Crippen LogP contribution in [0, 0.1) is 11.6 Å². The zero-order valence-corrected chi connectivity index (χ0v) is 13.7. The van der Waals surface area contributed by atoms with Gasteiger partial charge in [0.1, 0.15) is 40.9 Å². The summed E-state index contributed by atoms with van der Waals surface area (Å²) in [6.07, 6.45) is 1.13. The second kappa shape index (κ2) is 7.56. The molecule has 1 amide bonds. The van der Waals surface area contributed by atoms with Crippen LogP contribution in [0.15, 0.2) is 54.9 Å². The van der Waals surface area contributed by atoms with E-state index in [1.165, 1.54) is 12.1 Å². The average Bonchev–Trinajstić information content (AvgIpc) is 2.66. The maximum atomic E-state index is 13.7. The number of ether oxygens (including phenoxy) is 1. The highest BCUT2D eigenvalue weighted by atomic mass is 19.1. The van der Waals surface area contributed by atoms with Crippen molar-refractivity contribution in [3.8, 4) is 5.75 Å². The number of hydrogen-bond donors (Lipinski definition) is 2. The summed E-state index contributed by atoms with van der Waals surface area (Å²) in [7, 11) is 1.54. The number of carbonyl (C=O) groups excluding carboxylic acids is 1. The highest BCUT2D eigenvalue weighted by Crippen LogP contribution is 2.22. The lowest BCUT2D eigenvalue weighted by Crippen LogP contribution is -2.14. The summed E-state index contributed by atoms with van der Waals surface area (Å²) in [6, 6.07) is 11.5. The Kier molecular flexibility index (Phi) is 5.02. The number of aromatic nitrogens is 2. The van der Waals surface area contributed by atoms with Crippen LogP contribution in [0.2, 0.25) is 0 Å². The minimum absolute atomic E-state index is 0.0371. The molecular weight excluding hydrogens is 342 g/mol. The van der Waals surface area contributed by atoms with E-state index < -0.39 is 17.5 Å². The van der Waals surface area contributed by atoms with E-state index in [9.17, 15) is 13.6 Å². The van der Waals surface area contributed by atoms with Gasteiger partial charge in [0, 0.05) is 11.8 Å². The molecule has 6 nitrogen and oxygen atoms in total. The van der Waals surface area contributed by atoms with Gasteiger partial charge in [-0.3, -0.25) is 4.79 Å². The average molecular weight is 356 g/mol. The van der Waals surface area contributed by atoms with Gasteiger partial charge in [0.15, 0.2) is 0 Å². The Hall–Kier alpha value is -3.55. The van der Waals surface area contributed by atoms with Crippen LogP contribution >= 0.6 is 0 Å². The van der Waals surface area contributed by atoms with Crippen LogP contribution in [-0.4, -0.2) is 23.0 Å². The van der Waals surface area contributed by atoms with E-state index >= 15 is 0 Å². The molecule has 0 aliphatic carbocycles. The van der Waals surface area contributed by atoms with E-state index in [2.05, 4.69) is 20.6 Å². The van der Waals surface area contributed by atoms with Crippen LogP contribution < -0.4 is 15.4 Å². The van der Waals surface area contributed by atoms with Crippen molar-refractivity contribution >= 4 is 23.1 Å². The highest BCUT2D eigenvalue weighted by Gasteiger charge is 2.12. The fourth-order valence-electron chi connectivity index (χ4n) is 2.16. The molecular formula is C18H14F2N4O2. The molecule has 0 aliphatic heterocycles. The summed E-state index contributed by atoms with van der Waals surface area (Å²) >= 11 is 0. The van der Waals surface area contributed by atoms with Crippen molar-refractivity contribution in [2.24, 2.45) is 0 Å². The number of nitrogens with zero attached hydrogens (tertiary/aromatic N) is 2. The van der Waals surface area contributed by atoms with E-state index in [0.29, 0.717) is 11.4 Å². The molecule has 2 N–H and O–H groups in total. The van der Waals surface area contributed by atoms with Crippen molar-refractivity contribution in [1.82, 2.24) is 9.97 Å². The maximum Gasteiger partial charge on any atom is 0.274 e. The van der Waals surface area contributed by atoms with E-state index in [4.69, 9.17) is 4.74 Å². The van der Waals surface area contributed by atoms with Crippen LogP contribution in [0.25, 0.3) is 0 Å². The predicted molar refractivity (Wildman–Crippen MR) is 92.6 cm³/mol. The van der Waals surface area contributed by atoms with E-state index in [1.807, 2.05) is 0 Å². The molecule has 0 saturated heterocycles. The minimum Gasteiger partial charge on any atom is -0.497 e. The summed E-state index contributed by atoms with van der Waals surface area (Å²) in [5, 5.41) is 5.18. The molecule has 0 saturated carbocycles. The second-order valence-corrected chi connectivity index (χ2v) is 5.19. The van der Waals surface area contributed by atoms with Crippen LogP contribution in [0.3, 0.4) is 0 Å². The predicted octanol–water partition coefficient (Wildman–Crippen LogP) is 3.76. The second-order valence-electron chi connectivity index (χ2n) is 5.19. The van der Waals surface area contributed by atoms with Crippen LogP contribution in [0.5, 0.6) is 5.75 Å². The Morgan fingerprint density at radius 1 is 1.04 bits per heavy atom. The molecule has 0 fully saturated rings. The Morgan fingerprint density at radius 2 is 1.73 bits per heavy atom. The third-order valence-electron chi connectivity index (χ3n) is 3.46. The quantitative estimate of drug-likeness (QED) is 0.728. The molecule has 26 heavy (non-hydrogen) atoms. The number of amides is 1. The molecule has 0 radical (unpaired) electrons. The van der Waals surface area contributed by atoms with Crippen molar-refractivity contribution in [1.29, 1.82) is 0 Å². The van der Waals surface area contributed by atoms with Crippen molar-refractivity contribution in [3.05, 3.63) is 72.2 Å². The van der Waals surface area contributed by atoms with Gasteiger partial charge in [-0.2, -0.15) is 0 Å². The third-order valence-corrected chi connectivity index (χ3v) is 3.46. The standard InChI is InChI=1S/C18H14F2N4O2/c1-26-12-7-5-11(6-8-12)23-18(25)15-9-16(22-10-21-15)24-17-13(19)3-2-4-14(17)20/h2-10H,1H3,(H,23,25)(H,21,22,24). The molecule has 8 heteroatoms. The zero-order chi connectivity index (χ0) is 18.5. The molecule has 0 aliphatic rings. The smallest absolute Gasteiger partial charge is 0.274 e. The number of methoxy groups -OCH3 is 1. The van der Waals surface area contributed by atoms with Gasteiger partial charge in [-0.05, 0) is 36.4 Å². The fraction of sp³-hybridized carbons (Fsp3) is 0.0556. The first-order chi connectivity index (χ1) is 12.6. The Morgan fingerprint density at radius 3 is 2.38 bits per heavy atom. The fourth-order valence-corrected chi connectivity index (χ4v) is 2.16. The summed E-state index contributed by atoms with van der Waals surface area (Å²) in [4.78, 5) is 20.1. The number of carbonyl (C=O) groups is 1. The van der Waals surface area contributed by atoms with E-state index in [0.717, 1.165) is 18.5 Å². The summed E-state index contributed by atoms with van der Waals surface area (Å²) in [5.74, 6) is -1.29. The number of rotatable bonds is 5. The van der Waals surface area contributed by atoms with Gasteiger partial charge >= 0.3 is 0 Å². The molecule has 1 aromatic heterocycles. The van der Waals surface area contributed by atoms with Gasteiger partial charge in [-0.25, -0.2) is 18.7 Å². The number of hydrogen-bond acceptors (Lipinski definition) is 5. The summed E-state index contributed by atoms with van der Waals surface area (Å²) in [5.41, 5.74) is 0.229. The van der Waals surface area contributed by atoms with Crippen molar-refractivity contribution in [3.63, 3.8) is 0 Å². The molecule has 3 aromatic rings. The number of halogens is 2. The van der Waals surface area contributed by atoms with Crippen LogP contribution in [0.1, 0.15) is 10.5 Å². The Labute approximate surface area is 147 Å². The number of benzene rings is 2. The van der Waals surface area contributed by atoms with Crippen molar-refractivity contribution in [2.45, 2.75) is 0 Å². The van der Waals surface area contributed by atoms with Gasteiger partial charge in [-0.1, -0.05) is 6.07 Å². The molecule has 3 rings (SSSR count). The first-order valence-electron chi connectivity index (χ1n) is 7.55. The maximum absolute atomic E-state index is 13.7. The largest absolute Gasteiger partial charge is 0.497 e. The summed E-state index contributed by atoms with van der Waals surface area (Å²) < 4.78 is 32.5. The number of nitrogens with one attached hydrogen (secondary N) is 2. The van der Waals surface area contributed by atoms with E-state index in [-0.39, 0.29) is 17.2 Å². The SMILES string of the molecule is COc1ccc(NC(=O)c2cc(Nc3c(F)cccc3F)ncn2)cc1. The highest BCUT2D eigenvalue weighted by molar-refractivity contribution is 6.03. The topological polar surface area (TPSA) is 76.1 Å². The monoisotopic (exact) mass is 356 g/mol. The van der Waals surface area contributed by atoms with Crippen molar-refractivity contribution < 1.29 is 18.3 Å². The molecule has 0 spiro atoms. The summed E-state index contributed by atoms with van der Waals surface area (Å²) in [6.45, 7) is 0. The third kappa shape index (κ3) is 3.92. The Bertz CT molecular complexity index is 912. The minimum atomic E-state index is -0.771. The lowest BCUT2D eigenvalue weighted by Gasteiger charge is -2.09. The van der Waals surface area contributed by atoms with Crippen LogP contribution in [0.4, 0.5) is 26.0 Å². The van der Waals surface area contributed by atoms with Gasteiger partial charge in [0.25, 0.3) is 5.91 Å². The first kappa shape index (κ1) is 17.3. The van der Waals surface area contributed by atoms with Crippen LogP contribution in [-0.2, 0) is 0 Å². The molecule has 0 bridgehead atoms. The lowest BCUT2D eigenvalue weighted by molar-refractivity contribution is 0.102. The zero-order valence-electron chi connectivity index (χ0n) is 13.7. The van der Waals surface area contributed by atoms with Gasteiger partial charge in [0.2, 0.25) is 0 Å². The lowest BCUT2D eigenvalue weighted by atomic mass is 10.2. The van der Waals surface area contributed by atoms with Crippen molar-refractivity contribution in [2.75, 3.05) is 17.7 Å². The number of para-hydroxylation sites is 1. The molecule has 132 valence electrons. The van der Waals surface area contributed by atoms with Gasteiger partial charge in [-0.15, -0.1) is 0 Å². The molecule has 0 unspecified atom stereocenters. The van der Waals surface area contributed by atoms with Gasteiger partial charge in [0.05, 0.1) is 7.11 Å². The molecule has 2 aromatic carbocycles. The first-order valence-corrected chi connectivity index (χ1v) is 7.55. The van der Waals surface area contributed by atoms with E-state index in [1.54, 1.807) is 31.4 Å². The Balaban J connectivity index is 1.76. The van der Waals surface area contributed by atoms with Gasteiger partial charge < -0.3 is 15.4 Å². The number of anilines is 3. The normalized spacial score (nSPS) is 10.3.